The number of alkyl halides is 1. The Labute approximate surface area is 123 Å². The SMILES string of the molecule is CCCc1ccc(-c2sc(CBr)nc2Br)cc1. The van der Waals surface area contributed by atoms with E-state index in [2.05, 4.69) is 68.0 Å². The molecule has 90 valence electrons. The van der Waals surface area contributed by atoms with Crippen LogP contribution in [0, 0.1) is 0 Å². The summed E-state index contributed by atoms with van der Waals surface area (Å²) in [6, 6.07) is 8.78. The molecule has 0 N–H and O–H groups in total. The highest BCUT2D eigenvalue weighted by atomic mass is 79.9. The maximum Gasteiger partial charge on any atom is 0.125 e. The second-order valence-electron chi connectivity index (χ2n) is 3.81. The number of aryl methyl sites for hydroxylation is 1. The molecule has 0 saturated carbocycles. The number of rotatable bonds is 4. The minimum Gasteiger partial charge on any atom is -0.233 e. The van der Waals surface area contributed by atoms with Gasteiger partial charge in [-0.1, -0.05) is 53.5 Å². The molecule has 0 saturated heterocycles. The average molecular weight is 375 g/mol. The zero-order valence-electron chi connectivity index (χ0n) is 9.54. The monoisotopic (exact) mass is 373 g/mol. The molecule has 0 aliphatic carbocycles. The molecule has 2 rings (SSSR count). The number of hydrogen-bond acceptors (Lipinski definition) is 2. The standard InChI is InChI=1S/C13H13Br2NS/c1-2-3-9-4-6-10(7-5-9)12-13(15)16-11(8-14)17-12/h4-7H,2-3,8H2,1H3. The van der Waals surface area contributed by atoms with E-state index < -0.39 is 0 Å². The molecule has 0 bridgehead atoms. The zero-order chi connectivity index (χ0) is 12.3. The molecule has 1 aromatic carbocycles. The van der Waals surface area contributed by atoms with Crippen molar-refractivity contribution in [2.45, 2.75) is 25.1 Å². The van der Waals surface area contributed by atoms with Crippen LogP contribution in [0.2, 0.25) is 0 Å². The van der Waals surface area contributed by atoms with Gasteiger partial charge in [0.15, 0.2) is 0 Å². The van der Waals surface area contributed by atoms with Crippen LogP contribution in [0.1, 0.15) is 23.9 Å². The normalized spacial score (nSPS) is 10.8. The van der Waals surface area contributed by atoms with E-state index in [0.29, 0.717) is 0 Å². The third kappa shape index (κ3) is 3.18. The molecule has 0 aliphatic rings. The van der Waals surface area contributed by atoms with Crippen molar-refractivity contribution in [2.24, 2.45) is 0 Å². The molecule has 0 radical (unpaired) electrons. The Morgan fingerprint density at radius 1 is 1.24 bits per heavy atom. The summed E-state index contributed by atoms with van der Waals surface area (Å²) in [5.74, 6) is 0. The van der Waals surface area contributed by atoms with Gasteiger partial charge in [-0.3, -0.25) is 0 Å². The maximum atomic E-state index is 4.45. The van der Waals surface area contributed by atoms with Crippen LogP contribution in [0.5, 0.6) is 0 Å². The zero-order valence-corrected chi connectivity index (χ0v) is 13.5. The smallest absolute Gasteiger partial charge is 0.125 e. The van der Waals surface area contributed by atoms with Crippen molar-refractivity contribution in [2.75, 3.05) is 0 Å². The molecular formula is C13H13Br2NS. The predicted octanol–water partition coefficient (Wildman–Crippen LogP) is 5.42. The van der Waals surface area contributed by atoms with E-state index in [1.807, 2.05) is 0 Å². The van der Waals surface area contributed by atoms with E-state index in [0.717, 1.165) is 21.4 Å². The molecule has 0 unspecified atom stereocenters. The van der Waals surface area contributed by atoms with Crippen molar-refractivity contribution < 1.29 is 0 Å². The van der Waals surface area contributed by atoms with Crippen molar-refractivity contribution in [3.8, 4) is 10.4 Å². The van der Waals surface area contributed by atoms with Gasteiger partial charge in [0.05, 0.1) is 10.2 Å². The lowest BCUT2D eigenvalue weighted by molar-refractivity contribution is 0.922. The highest BCUT2D eigenvalue weighted by Gasteiger charge is 2.09. The number of halogens is 2. The first-order chi connectivity index (χ1) is 8.24. The fraction of sp³-hybridized carbons (Fsp3) is 0.308. The van der Waals surface area contributed by atoms with Gasteiger partial charge in [0.2, 0.25) is 0 Å². The number of nitrogens with zero attached hydrogens (tertiary/aromatic N) is 1. The van der Waals surface area contributed by atoms with E-state index >= 15 is 0 Å². The maximum absolute atomic E-state index is 4.45. The Morgan fingerprint density at radius 3 is 2.47 bits per heavy atom. The van der Waals surface area contributed by atoms with Crippen LogP contribution >= 0.6 is 43.2 Å². The summed E-state index contributed by atoms with van der Waals surface area (Å²) in [7, 11) is 0. The van der Waals surface area contributed by atoms with Crippen LogP contribution in [0.3, 0.4) is 0 Å². The first-order valence-electron chi connectivity index (χ1n) is 5.55. The molecule has 0 amide bonds. The van der Waals surface area contributed by atoms with E-state index in [1.165, 1.54) is 22.4 Å². The van der Waals surface area contributed by atoms with E-state index in [4.69, 9.17) is 0 Å². The predicted molar refractivity (Wildman–Crippen MR) is 81.9 cm³/mol. The highest BCUT2D eigenvalue weighted by molar-refractivity contribution is 9.10. The number of hydrogen-bond donors (Lipinski definition) is 0. The van der Waals surface area contributed by atoms with Gasteiger partial charge in [-0.25, -0.2) is 4.98 Å². The lowest BCUT2D eigenvalue weighted by atomic mass is 10.1. The molecule has 0 fully saturated rings. The van der Waals surface area contributed by atoms with Crippen LogP contribution < -0.4 is 0 Å². The third-order valence-corrected chi connectivity index (χ3v) is 5.34. The molecule has 17 heavy (non-hydrogen) atoms. The largest absolute Gasteiger partial charge is 0.233 e. The second kappa shape index (κ2) is 6.12. The van der Waals surface area contributed by atoms with Crippen molar-refractivity contribution in [3.05, 3.63) is 39.4 Å². The van der Waals surface area contributed by atoms with Crippen molar-refractivity contribution in [1.82, 2.24) is 4.98 Å². The topological polar surface area (TPSA) is 12.9 Å². The van der Waals surface area contributed by atoms with Crippen molar-refractivity contribution in [3.63, 3.8) is 0 Å². The molecule has 1 nitrogen and oxygen atoms in total. The quantitative estimate of drug-likeness (QED) is 0.651. The number of benzene rings is 1. The second-order valence-corrected chi connectivity index (χ2v) is 6.20. The summed E-state index contributed by atoms with van der Waals surface area (Å²) in [5, 5.41) is 1.91. The Kier molecular flexibility index (Phi) is 4.77. The molecule has 0 atom stereocenters. The molecule has 0 spiro atoms. The Morgan fingerprint density at radius 2 is 1.94 bits per heavy atom. The van der Waals surface area contributed by atoms with E-state index in [9.17, 15) is 0 Å². The van der Waals surface area contributed by atoms with Gasteiger partial charge in [-0.15, -0.1) is 11.3 Å². The van der Waals surface area contributed by atoms with Gasteiger partial charge in [0.1, 0.15) is 9.61 Å². The van der Waals surface area contributed by atoms with Gasteiger partial charge < -0.3 is 0 Å². The summed E-state index contributed by atoms with van der Waals surface area (Å²) in [4.78, 5) is 5.66. The van der Waals surface area contributed by atoms with E-state index in [-0.39, 0.29) is 0 Å². The summed E-state index contributed by atoms with van der Waals surface area (Å²) in [6.45, 7) is 2.20. The fourth-order valence-corrected chi connectivity index (χ4v) is 3.77. The van der Waals surface area contributed by atoms with Crippen LogP contribution in [0.15, 0.2) is 28.9 Å². The lowest BCUT2D eigenvalue weighted by Crippen LogP contribution is -1.82. The number of thiazole rings is 1. The number of aromatic nitrogens is 1. The molecular weight excluding hydrogens is 362 g/mol. The fourth-order valence-electron chi connectivity index (χ4n) is 1.69. The van der Waals surface area contributed by atoms with E-state index in [1.54, 1.807) is 11.3 Å². The summed E-state index contributed by atoms with van der Waals surface area (Å²) < 4.78 is 0.945. The van der Waals surface area contributed by atoms with Gasteiger partial charge in [-0.05, 0) is 33.5 Å². The molecule has 4 heteroatoms. The summed E-state index contributed by atoms with van der Waals surface area (Å²) in [5.41, 5.74) is 2.64. The lowest BCUT2D eigenvalue weighted by Gasteiger charge is -2.01. The molecule has 2 aromatic rings. The van der Waals surface area contributed by atoms with Crippen LogP contribution in [-0.2, 0) is 11.8 Å². The first kappa shape index (κ1) is 13.2. The first-order valence-corrected chi connectivity index (χ1v) is 8.28. The molecule has 0 aliphatic heterocycles. The summed E-state index contributed by atoms with van der Waals surface area (Å²) >= 11 is 8.69. The molecule has 1 aromatic heterocycles. The highest BCUT2D eigenvalue weighted by Crippen LogP contribution is 2.34. The minimum absolute atomic E-state index is 0.810. The van der Waals surface area contributed by atoms with Crippen LogP contribution in [-0.4, -0.2) is 4.98 Å². The van der Waals surface area contributed by atoms with Crippen LogP contribution in [0.4, 0.5) is 0 Å². The van der Waals surface area contributed by atoms with Gasteiger partial charge in [0.25, 0.3) is 0 Å². The van der Waals surface area contributed by atoms with Crippen molar-refractivity contribution in [1.29, 1.82) is 0 Å². The van der Waals surface area contributed by atoms with Gasteiger partial charge >= 0.3 is 0 Å². The van der Waals surface area contributed by atoms with Gasteiger partial charge in [-0.2, -0.15) is 0 Å². The Hall–Kier alpha value is -0.190. The third-order valence-electron chi connectivity index (χ3n) is 2.50. The summed E-state index contributed by atoms with van der Waals surface area (Å²) in [6.07, 6.45) is 2.34. The average Bonchev–Trinajstić information content (AvgIpc) is 2.72. The molecule has 1 heterocycles. The Balaban J connectivity index is 2.29. The van der Waals surface area contributed by atoms with Gasteiger partial charge in [0, 0.05) is 0 Å². The van der Waals surface area contributed by atoms with Crippen molar-refractivity contribution >= 4 is 43.2 Å². The minimum atomic E-state index is 0.810. The van der Waals surface area contributed by atoms with Crippen LogP contribution in [0.25, 0.3) is 10.4 Å². The Bertz CT molecular complexity index is 491.